The van der Waals surface area contributed by atoms with E-state index in [1.165, 1.54) is 55.0 Å². The van der Waals surface area contributed by atoms with E-state index in [2.05, 4.69) is 275 Å². The Bertz CT molecular complexity index is 4600. The molecule has 0 radical (unpaired) electrons. The minimum Gasteiger partial charge on any atom is -0.449 e. The van der Waals surface area contributed by atoms with Gasteiger partial charge in [-0.3, -0.25) is 0 Å². The molecule has 2 aromatic heterocycles. The van der Waals surface area contributed by atoms with Crippen molar-refractivity contribution >= 4 is 60.7 Å². The van der Waals surface area contributed by atoms with E-state index in [4.69, 9.17) is 9.47 Å². The maximum Gasteiger partial charge on any atom is 0.178 e. The number of aromatic nitrogens is 2. The highest BCUT2D eigenvalue weighted by molar-refractivity contribution is 6.12. The molecule has 366 valence electrons. The van der Waals surface area contributed by atoms with Gasteiger partial charge in [-0.1, -0.05) is 182 Å². The minimum atomic E-state index is -0.689. The molecule has 0 saturated heterocycles. The number of anilines is 3. The van der Waals surface area contributed by atoms with Crippen molar-refractivity contribution in [3.05, 3.63) is 307 Å². The summed E-state index contributed by atoms with van der Waals surface area (Å²) in [4.78, 5) is 2.39. The highest BCUT2D eigenvalue weighted by Gasteiger charge is 2.48. The second-order valence-electron chi connectivity index (χ2n) is 20.4. The lowest BCUT2D eigenvalue weighted by molar-refractivity contribution is 0.360. The van der Waals surface area contributed by atoms with Crippen LogP contribution in [0.2, 0.25) is 0 Å². The molecule has 14 aromatic rings. The molecule has 78 heavy (non-hydrogen) atoms. The summed E-state index contributed by atoms with van der Waals surface area (Å²) in [5.41, 5.74) is 18.5. The van der Waals surface area contributed by atoms with Crippen molar-refractivity contribution in [2.75, 3.05) is 4.90 Å². The zero-order valence-corrected chi connectivity index (χ0v) is 42.3. The van der Waals surface area contributed by atoms with Crippen LogP contribution >= 0.6 is 0 Å². The molecule has 16 rings (SSSR count). The summed E-state index contributed by atoms with van der Waals surface area (Å²) < 4.78 is 18.2. The summed E-state index contributed by atoms with van der Waals surface area (Å²) in [6.45, 7) is 0. The van der Waals surface area contributed by atoms with Crippen LogP contribution < -0.4 is 14.4 Å². The summed E-state index contributed by atoms with van der Waals surface area (Å²) in [6.07, 6.45) is 0. The van der Waals surface area contributed by atoms with Gasteiger partial charge >= 0.3 is 0 Å². The van der Waals surface area contributed by atoms with Crippen molar-refractivity contribution in [1.29, 1.82) is 0 Å². The predicted molar refractivity (Wildman–Crippen MR) is 319 cm³/mol. The third kappa shape index (κ3) is 6.55. The average molecular weight is 998 g/mol. The van der Waals surface area contributed by atoms with E-state index >= 15 is 0 Å². The van der Waals surface area contributed by atoms with Crippen LogP contribution in [0, 0.1) is 0 Å². The minimum absolute atomic E-state index is 0.689. The second kappa shape index (κ2) is 17.4. The Balaban J connectivity index is 0.899. The number of fused-ring (bicyclic) bond motifs is 12. The van der Waals surface area contributed by atoms with Gasteiger partial charge in [-0.15, -0.1) is 0 Å². The van der Waals surface area contributed by atoms with E-state index in [0.29, 0.717) is 17.2 Å². The van der Waals surface area contributed by atoms with Gasteiger partial charge in [0.1, 0.15) is 0 Å². The SMILES string of the molecule is c1ccc(-c2ccc(N(c3ccc(-n4c5ccccc5c5ccccc54)cc3)c3ccc4c5cc(C6(c7ccccc7)c7ccccc7-c7c6ccc6c7Oc7ccccc7O6)ccc5n(-c5ccccc5)c4c3)cc2)cc1. The first kappa shape index (κ1) is 44.0. The molecule has 1 unspecified atom stereocenters. The molecule has 0 amide bonds. The Hall–Kier alpha value is -10.4. The maximum atomic E-state index is 6.86. The number of rotatable bonds is 8. The summed E-state index contributed by atoms with van der Waals surface area (Å²) in [7, 11) is 0. The maximum absolute atomic E-state index is 6.86. The normalized spacial score (nSPS) is 14.2. The Morgan fingerprint density at radius 1 is 0.308 bits per heavy atom. The van der Waals surface area contributed by atoms with Gasteiger partial charge in [0.2, 0.25) is 0 Å². The quantitative estimate of drug-likeness (QED) is 0.152. The van der Waals surface area contributed by atoms with E-state index < -0.39 is 5.41 Å². The van der Waals surface area contributed by atoms with Crippen LogP contribution in [0.5, 0.6) is 23.0 Å². The number of benzene rings is 12. The van der Waals surface area contributed by atoms with Gasteiger partial charge in [0.25, 0.3) is 0 Å². The largest absolute Gasteiger partial charge is 0.449 e. The molecule has 1 aliphatic carbocycles. The molecule has 0 saturated carbocycles. The van der Waals surface area contributed by atoms with Crippen LogP contribution in [0.4, 0.5) is 17.1 Å². The molecule has 1 aliphatic heterocycles. The van der Waals surface area contributed by atoms with Gasteiger partial charge in [0.15, 0.2) is 23.0 Å². The fourth-order valence-corrected chi connectivity index (χ4v) is 12.9. The number of hydrogen-bond acceptors (Lipinski definition) is 3. The van der Waals surface area contributed by atoms with Gasteiger partial charge < -0.3 is 23.5 Å². The molecule has 0 bridgehead atoms. The topological polar surface area (TPSA) is 31.6 Å². The fraction of sp³-hybridized carbons (Fsp3) is 0.0137. The second-order valence-corrected chi connectivity index (χ2v) is 20.4. The van der Waals surface area contributed by atoms with Gasteiger partial charge in [-0.05, 0) is 142 Å². The number of hydrogen-bond donors (Lipinski definition) is 0. The standard InChI is InChI=1S/C73H47N3O2/c1-4-18-48(19-5-1)49-32-35-53(36-33-49)74(54-37-39-55(40-38-54)75-64-28-14-11-24-57(64)58-25-12-15-29-65(58)75)56-41-42-59-61-46-51(34-44-66(61)76(67(59)47-56)52-22-8-3-9-23-52)73(50-20-6-2-7-21-50)62-27-13-10-26-60(62)71-63(73)43-45-70-72(71)78-69-31-17-16-30-68(69)77-70/h1-47H. The van der Waals surface area contributed by atoms with Gasteiger partial charge in [0, 0.05) is 55.5 Å². The number of para-hydroxylation sites is 5. The van der Waals surface area contributed by atoms with Crippen LogP contribution in [0.15, 0.2) is 285 Å². The molecule has 2 aliphatic rings. The Kier molecular flexibility index (Phi) is 9.78. The molecular formula is C73H47N3O2. The van der Waals surface area contributed by atoms with Gasteiger partial charge in [-0.2, -0.15) is 0 Å². The first-order valence-electron chi connectivity index (χ1n) is 26.6. The van der Waals surface area contributed by atoms with E-state index in [1.807, 2.05) is 24.3 Å². The van der Waals surface area contributed by atoms with Gasteiger partial charge in [0.05, 0.1) is 27.5 Å². The molecule has 5 heteroatoms. The number of ether oxygens (including phenoxy) is 2. The average Bonchev–Trinajstić information content (AvgIpc) is 4.08. The van der Waals surface area contributed by atoms with Crippen LogP contribution in [0.25, 0.3) is 77.2 Å². The first-order valence-corrected chi connectivity index (χ1v) is 26.6. The van der Waals surface area contributed by atoms with Crippen molar-refractivity contribution in [1.82, 2.24) is 9.13 Å². The lowest BCUT2D eigenvalue weighted by Gasteiger charge is -2.34. The predicted octanol–water partition coefficient (Wildman–Crippen LogP) is 19.3. The third-order valence-electron chi connectivity index (χ3n) is 16.2. The molecule has 12 aromatic carbocycles. The smallest absolute Gasteiger partial charge is 0.178 e. The fourth-order valence-electron chi connectivity index (χ4n) is 12.9. The molecule has 0 N–H and O–H groups in total. The summed E-state index contributed by atoms with van der Waals surface area (Å²) in [5, 5.41) is 4.82. The van der Waals surface area contributed by atoms with Gasteiger partial charge in [-0.25, -0.2) is 0 Å². The van der Waals surface area contributed by atoms with Crippen molar-refractivity contribution in [3.63, 3.8) is 0 Å². The summed E-state index contributed by atoms with van der Waals surface area (Å²) in [6, 6.07) is 103. The molecule has 1 atom stereocenters. The van der Waals surface area contributed by atoms with Crippen molar-refractivity contribution in [3.8, 4) is 56.6 Å². The Morgan fingerprint density at radius 3 is 1.58 bits per heavy atom. The Morgan fingerprint density at radius 2 is 0.846 bits per heavy atom. The monoisotopic (exact) mass is 997 g/mol. The van der Waals surface area contributed by atoms with Crippen molar-refractivity contribution < 1.29 is 9.47 Å². The molecule has 5 nitrogen and oxygen atoms in total. The summed E-state index contributed by atoms with van der Waals surface area (Å²) in [5.74, 6) is 2.88. The van der Waals surface area contributed by atoms with Crippen LogP contribution in [-0.2, 0) is 5.41 Å². The first-order chi connectivity index (χ1) is 38.7. The van der Waals surface area contributed by atoms with E-state index in [-0.39, 0.29) is 0 Å². The highest BCUT2D eigenvalue weighted by Crippen LogP contribution is 2.62. The van der Waals surface area contributed by atoms with Crippen LogP contribution in [-0.4, -0.2) is 9.13 Å². The molecule has 3 heterocycles. The van der Waals surface area contributed by atoms with E-state index in [0.717, 1.165) is 67.3 Å². The lowest BCUT2D eigenvalue weighted by Crippen LogP contribution is -2.28. The zero-order valence-electron chi connectivity index (χ0n) is 42.3. The highest BCUT2D eigenvalue weighted by atomic mass is 16.6. The van der Waals surface area contributed by atoms with E-state index in [9.17, 15) is 0 Å². The zero-order chi connectivity index (χ0) is 51.3. The van der Waals surface area contributed by atoms with Crippen molar-refractivity contribution in [2.24, 2.45) is 0 Å². The Labute approximate surface area is 451 Å². The molecule has 0 spiro atoms. The summed E-state index contributed by atoms with van der Waals surface area (Å²) >= 11 is 0. The van der Waals surface area contributed by atoms with Crippen LogP contribution in [0.1, 0.15) is 22.3 Å². The van der Waals surface area contributed by atoms with Crippen LogP contribution in [0.3, 0.4) is 0 Å². The third-order valence-corrected chi connectivity index (χ3v) is 16.2. The lowest BCUT2D eigenvalue weighted by atomic mass is 9.67. The van der Waals surface area contributed by atoms with E-state index in [1.54, 1.807) is 0 Å². The van der Waals surface area contributed by atoms with Crippen molar-refractivity contribution in [2.45, 2.75) is 5.41 Å². The molecular weight excluding hydrogens is 951 g/mol. The number of nitrogens with zero attached hydrogens (tertiary/aromatic N) is 3. The molecule has 0 fully saturated rings.